The van der Waals surface area contributed by atoms with E-state index < -0.39 is 12.0 Å². The van der Waals surface area contributed by atoms with Gasteiger partial charge >= 0.3 is 0 Å². The van der Waals surface area contributed by atoms with E-state index >= 15 is 0 Å². The predicted octanol–water partition coefficient (Wildman–Crippen LogP) is -0.327. The van der Waals surface area contributed by atoms with Crippen molar-refractivity contribution in [2.75, 3.05) is 18.7 Å². The van der Waals surface area contributed by atoms with Crippen LogP contribution in [0.1, 0.15) is 0 Å². The molecule has 4 N–H and O–H groups in total. The molecule has 1 heterocycles. The molecule has 0 radical (unpaired) electrons. The lowest BCUT2D eigenvalue weighted by Gasteiger charge is -2.09. The van der Waals surface area contributed by atoms with Gasteiger partial charge in [0.25, 0.3) is 5.91 Å². The number of fused-ring (bicyclic) bond motifs is 1. The molecule has 1 aliphatic rings. The van der Waals surface area contributed by atoms with Gasteiger partial charge in [-0.3, -0.25) is 4.79 Å². The summed E-state index contributed by atoms with van der Waals surface area (Å²) in [5.74, 6) is 0.666. The number of hydrogen-bond acceptors (Lipinski definition) is 5. The summed E-state index contributed by atoms with van der Waals surface area (Å²) >= 11 is 0. The highest BCUT2D eigenvalue weighted by Gasteiger charge is 2.16. The van der Waals surface area contributed by atoms with Crippen molar-refractivity contribution in [2.24, 2.45) is 5.73 Å². The van der Waals surface area contributed by atoms with Gasteiger partial charge in [-0.25, -0.2) is 0 Å². The molecule has 0 aliphatic carbocycles. The maximum absolute atomic E-state index is 11.3. The zero-order valence-corrected chi connectivity index (χ0v) is 8.47. The van der Waals surface area contributed by atoms with Gasteiger partial charge in [0.2, 0.25) is 6.79 Å². The van der Waals surface area contributed by atoms with Gasteiger partial charge in [0.15, 0.2) is 11.5 Å². The number of nitrogens with one attached hydrogen (secondary N) is 1. The molecular formula is C10H12N2O4. The summed E-state index contributed by atoms with van der Waals surface area (Å²) in [5, 5.41) is 11.7. The largest absolute Gasteiger partial charge is 0.454 e. The van der Waals surface area contributed by atoms with Crippen LogP contribution in [0.15, 0.2) is 18.2 Å². The average molecular weight is 224 g/mol. The Morgan fingerprint density at radius 2 is 2.25 bits per heavy atom. The van der Waals surface area contributed by atoms with Gasteiger partial charge in [0.1, 0.15) is 6.10 Å². The van der Waals surface area contributed by atoms with E-state index in [1.165, 1.54) is 0 Å². The van der Waals surface area contributed by atoms with Crippen molar-refractivity contribution in [1.82, 2.24) is 0 Å². The van der Waals surface area contributed by atoms with Crippen LogP contribution < -0.4 is 20.5 Å². The third-order valence-corrected chi connectivity index (χ3v) is 2.17. The molecule has 1 amide bonds. The molecule has 0 fully saturated rings. The Kier molecular flexibility index (Phi) is 2.93. The monoisotopic (exact) mass is 224 g/mol. The molecule has 2 rings (SSSR count). The molecule has 1 atom stereocenters. The fourth-order valence-corrected chi connectivity index (χ4v) is 1.31. The first-order chi connectivity index (χ1) is 7.70. The predicted molar refractivity (Wildman–Crippen MR) is 56.3 cm³/mol. The molecule has 1 aromatic rings. The van der Waals surface area contributed by atoms with Gasteiger partial charge in [-0.05, 0) is 12.1 Å². The van der Waals surface area contributed by atoms with Gasteiger partial charge in [0, 0.05) is 18.3 Å². The van der Waals surface area contributed by atoms with E-state index in [4.69, 9.17) is 15.2 Å². The van der Waals surface area contributed by atoms with Crippen LogP contribution in [0.4, 0.5) is 5.69 Å². The second-order valence-electron chi connectivity index (χ2n) is 3.31. The van der Waals surface area contributed by atoms with E-state index in [-0.39, 0.29) is 13.3 Å². The average Bonchev–Trinajstić information content (AvgIpc) is 2.75. The summed E-state index contributed by atoms with van der Waals surface area (Å²) in [5.41, 5.74) is 5.69. The molecular weight excluding hydrogens is 212 g/mol. The Bertz CT molecular complexity index is 408. The van der Waals surface area contributed by atoms with Crippen molar-refractivity contribution in [3.63, 3.8) is 0 Å². The Labute approximate surface area is 92.0 Å². The summed E-state index contributed by atoms with van der Waals surface area (Å²) in [6.07, 6.45) is -1.20. The van der Waals surface area contributed by atoms with Gasteiger partial charge in [-0.1, -0.05) is 0 Å². The summed E-state index contributed by atoms with van der Waals surface area (Å²) < 4.78 is 10.3. The normalized spacial score (nSPS) is 14.6. The number of nitrogens with two attached hydrogens (primary N) is 1. The van der Waals surface area contributed by atoms with E-state index in [2.05, 4.69) is 5.32 Å². The molecule has 86 valence electrons. The highest BCUT2D eigenvalue weighted by molar-refractivity contribution is 5.94. The lowest BCUT2D eigenvalue weighted by Crippen LogP contribution is -2.34. The topological polar surface area (TPSA) is 93.8 Å². The second-order valence-corrected chi connectivity index (χ2v) is 3.31. The third-order valence-electron chi connectivity index (χ3n) is 2.17. The minimum Gasteiger partial charge on any atom is -0.454 e. The number of rotatable bonds is 3. The van der Waals surface area contributed by atoms with Gasteiger partial charge in [-0.15, -0.1) is 0 Å². The molecule has 6 nitrogen and oxygen atoms in total. The van der Waals surface area contributed by atoms with Gasteiger partial charge < -0.3 is 25.6 Å². The minimum absolute atomic E-state index is 0.115. The Hall–Kier alpha value is -1.79. The van der Waals surface area contributed by atoms with Crippen LogP contribution in [0.3, 0.4) is 0 Å². The van der Waals surface area contributed by atoms with Crippen molar-refractivity contribution in [2.45, 2.75) is 6.10 Å². The highest BCUT2D eigenvalue weighted by Crippen LogP contribution is 2.34. The number of carbonyl (C=O) groups is 1. The molecule has 16 heavy (non-hydrogen) atoms. The Balaban J connectivity index is 2.08. The van der Waals surface area contributed by atoms with Crippen LogP contribution in [0.2, 0.25) is 0 Å². The van der Waals surface area contributed by atoms with Crippen LogP contribution in [-0.2, 0) is 4.79 Å². The standard InChI is InChI=1S/C10H12N2O4/c11-4-7(13)10(14)12-6-1-2-8-9(3-6)16-5-15-8/h1-3,7,13H,4-5,11H2,(H,12,14). The van der Waals surface area contributed by atoms with Crippen molar-refractivity contribution in [3.8, 4) is 11.5 Å². The van der Waals surface area contributed by atoms with Crippen molar-refractivity contribution >= 4 is 11.6 Å². The highest BCUT2D eigenvalue weighted by atomic mass is 16.7. The van der Waals surface area contributed by atoms with E-state index in [1.54, 1.807) is 18.2 Å². The minimum atomic E-state index is -1.20. The molecule has 0 saturated heterocycles. The zero-order valence-electron chi connectivity index (χ0n) is 8.47. The summed E-state index contributed by atoms with van der Waals surface area (Å²) in [4.78, 5) is 11.3. The lowest BCUT2D eigenvalue weighted by atomic mass is 10.2. The molecule has 1 aliphatic heterocycles. The van der Waals surface area contributed by atoms with E-state index in [1.807, 2.05) is 0 Å². The number of amides is 1. The van der Waals surface area contributed by atoms with E-state index in [0.717, 1.165) is 0 Å². The van der Waals surface area contributed by atoms with Crippen molar-refractivity contribution in [3.05, 3.63) is 18.2 Å². The molecule has 0 saturated carbocycles. The number of carbonyl (C=O) groups excluding carboxylic acids is 1. The SMILES string of the molecule is NCC(O)C(=O)Nc1ccc2c(c1)OCO2. The number of hydrogen-bond donors (Lipinski definition) is 3. The van der Waals surface area contributed by atoms with Crippen LogP contribution in [0, 0.1) is 0 Å². The first-order valence-corrected chi connectivity index (χ1v) is 4.79. The number of aliphatic hydroxyl groups excluding tert-OH is 1. The van der Waals surface area contributed by atoms with Crippen LogP contribution in [-0.4, -0.2) is 30.5 Å². The number of anilines is 1. The lowest BCUT2D eigenvalue weighted by molar-refractivity contribution is -0.123. The van der Waals surface area contributed by atoms with Gasteiger partial charge in [0.05, 0.1) is 0 Å². The van der Waals surface area contributed by atoms with Gasteiger partial charge in [-0.2, -0.15) is 0 Å². The molecule has 6 heteroatoms. The van der Waals surface area contributed by atoms with E-state index in [0.29, 0.717) is 17.2 Å². The molecule has 0 aromatic heterocycles. The van der Waals surface area contributed by atoms with Crippen LogP contribution in [0.25, 0.3) is 0 Å². The van der Waals surface area contributed by atoms with Crippen molar-refractivity contribution < 1.29 is 19.4 Å². The number of benzene rings is 1. The van der Waals surface area contributed by atoms with Crippen molar-refractivity contribution in [1.29, 1.82) is 0 Å². The Morgan fingerprint density at radius 3 is 3.00 bits per heavy atom. The van der Waals surface area contributed by atoms with E-state index in [9.17, 15) is 9.90 Å². The summed E-state index contributed by atoms with van der Waals surface area (Å²) in [7, 11) is 0. The zero-order chi connectivity index (χ0) is 11.5. The van der Waals surface area contributed by atoms with Crippen LogP contribution in [0.5, 0.6) is 11.5 Å². The molecule has 0 spiro atoms. The maximum Gasteiger partial charge on any atom is 0.254 e. The summed E-state index contributed by atoms with van der Waals surface area (Å²) in [6, 6.07) is 4.98. The molecule has 1 aromatic carbocycles. The molecule has 0 bridgehead atoms. The Morgan fingerprint density at radius 1 is 1.50 bits per heavy atom. The van der Waals surface area contributed by atoms with Crippen LogP contribution >= 0.6 is 0 Å². The first-order valence-electron chi connectivity index (χ1n) is 4.79. The smallest absolute Gasteiger partial charge is 0.254 e. The summed E-state index contributed by atoms with van der Waals surface area (Å²) in [6.45, 7) is 0.0640. The fourth-order valence-electron chi connectivity index (χ4n) is 1.31. The second kappa shape index (κ2) is 4.38. The fraction of sp³-hybridized carbons (Fsp3) is 0.300. The maximum atomic E-state index is 11.3. The quantitative estimate of drug-likeness (QED) is 0.653. The third kappa shape index (κ3) is 2.07. The molecule has 1 unspecified atom stereocenters. The first kappa shape index (κ1) is 10.7. The number of aliphatic hydroxyl groups is 1. The number of ether oxygens (including phenoxy) is 2.